The summed E-state index contributed by atoms with van der Waals surface area (Å²) >= 11 is 5.79. The Morgan fingerprint density at radius 1 is 1.44 bits per heavy atom. The molecule has 94 valence electrons. The number of methoxy groups -OCH3 is 1. The van der Waals surface area contributed by atoms with Gasteiger partial charge >= 0.3 is 0 Å². The van der Waals surface area contributed by atoms with Crippen molar-refractivity contribution in [2.24, 2.45) is 0 Å². The third-order valence-electron chi connectivity index (χ3n) is 3.56. The minimum Gasteiger partial charge on any atom is -0.497 e. The van der Waals surface area contributed by atoms with Gasteiger partial charge in [0.15, 0.2) is 0 Å². The molecule has 0 unspecified atom stereocenters. The quantitative estimate of drug-likeness (QED) is 0.849. The van der Waals surface area contributed by atoms with Gasteiger partial charge in [0.05, 0.1) is 18.0 Å². The van der Waals surface area contributed by atoms with Crippen molar-refractivity contribution in [3.05, 3.63) is 33.3 Å². The molecule has 18 heavy (non-hydrogen) atoms. The molecule has 1 fully saturated rings. The lowest BCUT2D eigenvalue weighted by atomic mass is 9.79. The van der Waals surface area contributed by atoms with E-state index in [0.29, 0.717) is 16.8 Å². The van der Waals surface area contributed by atoms with Crippen molar-refractivity contribution >= 4 is 22.5 Å². The number of nitrogens with zero attached hydrogens (tertiary/aromatic N) is 1. The van der Waals surface area contributed by atoms with Gasteiger partial charge in [-0.3, -0.25) is 9.78 Å². The van der Waals surface area contributed by atoms with Gasteiger partial charge in [0.1, 0.15) is 5.75 Å². The number of aromatic amines is 1. The highest BCUT2D eigenvalue weighted by Crippen LogP contribution is 2.40. The van der Waals surface area contributed by atoms with Crippen molar-refractivity contribution < 1.29 is 4.74 Å². The van der Waals surface area contributed by atoms with Crippen LogP contribution in [-0.2, 0) is 0 Å². The van der Waals surface area contributed by atoms with Gasteiger partial charge in [-0.1, -0.05) is 6.42 Å². The van der Waals surface area contributed by atoms with Crippen LogP contribution in [0.3, 0.4) is 0 Å². The second kappa shape index (κ2) is 4.28. The van der Waals surface area contributed by atoms with Gasteiger partial charge in [0, 0.05) is 6.07 Å². The fraction of sp³-hybridized carbons (Fsp3) is 0.385. The average molecular weight is 265 g/mol. The van der Waals surface area contributed by atoms with Gasteiger partial charge in [-0.2, -0.15) is 0 Å². The van der Waals surface area contributed by atoms with E-state index in [1.165, 1.54) is 6.42 Å². The molecule has 2 aromatic rings. The molecule has 1 aliphatic carbocycles. The summed E-state index contributed by atoms with van der Waals surface area (Å²) in [7, 11) is 1.61. The van der Waals surface area contributed by atoms with Crippen molar-refractivity contribution in [3.63, 3.8) is 0 Å². The fourth-order valence-electron chi connectivity index (χ4n) is 2.41. The van der Waals surface area contributed by atoms with E-state index in [1.54, 1.807) is 13.2 Å². The molecule has 4 nitrogen and oxygen atoms in total. The first-order chi connectivity index (χ1) is 8.69. The molecule has 0 amide bonds. The van der Waals surface area contributed by atoms with Gasteiger partial charge in [0.2, 0.25) is 5.28 Å². The Balaban J connectivity index is 2.33. The number of fused-ring (bicyclic) bond motifs is 1. The molecule has 0 radical (unpaired) electrons. The average Bonchev–Trinajstić information content (AvgIpc) is 2.25. The highest BCUT2D eigenvalue weighted by atomic mass is 35.5. The standard InChI is InChI=1S/C13H13ClN2O2/c1-18-8-5-9(7-3-2-4-7)11-10(6-8)15-13(14)16-12(11)17/h5-7H,2-4H2,1H3,(H,15,16,17). The maximum atomic E-state index is 12.0. The van der Waals surface area contributed by atoms with Crippen LogP contribution in [0.15, 0.2) is 16.9 Å². The maximum absolute atomic E-state index is 12.0. The normalized spacial score (nSPS) is 15.7. The fourth-order valence-corrected chi connectivity index (χ4v) is 2.58. The van der Waals surface area contributed by atoms with Crippen LogP contribution in [0.2, 0.25) is 5.28 Å². The topological polar surface area (TPSA) is 55.0 Å². The molecular weight excluding hydrogens is 252 g/mol. The summed E-state index contributed by atoms with van der Waals surface area (Å²) in [6.45, 7) is 0. The maximum Gasteiger partial charge on any atom is 0.259 e. The number of rotatable bonds is 2. The van der Waals surface area contributed by atoms with E-state index in [0.717, 1.165) is 24.2 Å². The first kappa shape index (κ1) is 11.5. The van der Waals surface area contributed by atoms with Gasteiger partial charge in [-0.05, 0) is 42.0 Å². The third-order valence-corrected chi connectivity index (χ3v) is 3.74. The Bertz CT molecular complexity index is 662. The first-order valence-corrected chi connectivity index (χ1v) is 6.34. The Morgan fingerprint density at radius 2 is 2.22 bits per heavy atom. The van der Waals surface area contributed by atoms with Crippen molar-refractivity contribution in [1.29, 1.82) is 0 Å². The van der Waals surface area contributed by atoms with Crippen molar-refractivity contribution in [1.82, 2.24) is 9.97 Å². The smallest absolute Gasteiger partial charge is 0.259 e. The number of benzene rings is 1. The van der Waals surface area contributed by atoms with Crippen LogP contribution in [0.25, 0.3) is 10.9 Å². The van der Waals surface area contributed by atoms with Gasteiger partial charge < -0.3 is 4.74 Å². The molecule has 1 aromatic carbocycles. The summed E-state index contributed by atoms with van der Waals surface area (Å²) in [5, 5.41) is 0.755. The Morgan fingerprint density at radius 3 is 2.83 bits per heavy atom. The summed E-state index contributed by atoms with van der Waals surface area (Å²) in [5.74, 6) is 1.16. The lowest BCUT2D eigenvalue weighted by Gasteiger charge is -2.26. The predicted octanol–water partition coefficient (Wildman–Crippen LogP) is 2.85. The monoisotopic (exact) mass is 264 g/mol. The predicted molar refractivity (Wildman–Crippen MR) is 70.5 cm³/mol. The SMILES string of the molecule is COc1cc(C2CCC2)c2c(=O)[nH]c(Cl)nc2c1. The van der Waals surface area contributed by atoms with Crippen LogP contribution in [0.5, 0.6) is 5.75 Å². The van der Waals surface area contributed by atoms with E-state index in [2.05, 4.69) is 9.97 Å². The van der Waals surface area contributed by atoms with Gasteiger partial charge in [0.25, 0.3) is 5.56 Å². The van der Waals surface area contributed by atoms with Gasteiger partial charge in [-0.15, -0.1) is 0 Å². The number of nitrogens with one attached hydrogen (secondary N) is 1. The van der Waals surface area contributed by atoms with Crippen LogP contribution >= 0.6 is 11.6 Å². The van der Waals surface area contributed by atoms with Crippen LogP contribution in [0, 0.1) is 0 Å². The molecule has 0 atom stereocenters. The second-order valence-electron chi connectivity index (χ2n) is 4.60. The third kappa shape index (κ3) is 1.77. The lowest BCUT2D eigenvalue weighted by molar-refractivity contribution is 0.404. The number of aromatic nitrogens is 2. The summed E-state index contributed by atoms with van der Waals surface area (Å²) in [5.41, 5.74) is 1.46. The van der Waals surface area contributed by atoms with Crippen molar-refractivity contribution in [2.45, 2.75) is 25.2 Å². The minimum absolute atomic E-state index is 0.111. The van der Waals surface area contributed by atoms with Crippen molar-refractivity contribution in [2.75, 3.05) is 7.11 Å². The molecule has 0 bridgehead atoms. The van der Waals surface area contributed by atoms with Crippen LogP contribution in [0.1, 0.15) is 30.7 Å². The Labute approximate surface area is 109 Å². The summed E-state index contributed by atoms with van der Waals surface area (Å²) in [6.07, 6.45) is 3.44. The highest BCUT2D eigenvalue weighted by Gasteiger charge is 2.24. The number of H-pyrrole nitrogens is 1. The van der Waals surface area contributed by atoms with E-state index in [1.807, 2.05) is 6.07 Å². The molecule has 0 spiro atoms. The Hall–Kier alpha value is -1.55. The Kier molecular flexibility index (Phi) is 2.74. The first-order valence-electron chi connectivity index (χ1n) is 5.96. The second-order valence-corrected chi connectivity index (χ2v) is 4.95. The molecule has 5 heteroatoms. The van der Waals surface area contributed by atoms with Crippen LogP contribution < -0.4 is 10.3 Å². The van der Waals surface area contributed by atoms with Gasteiger partial charge in [-0.25, -0.2) is 4.98 Å². The minimum atomic E-state index is -0.172. The number of halogens is 1. The summed E-state index contributed by atoms with van der Waals surface area (Å²) in [6, 6.07) is 3.69. The van der Waals surface area contributed by atoms with E-state index in [9.17, 15) is 4.79 Å². The molecule has 1 N–H and O–H groups in total. The molecule has 0 aliphatic heterocycles. The molecule has 1 heterocycles. The molecular formula is C13H13ClN2O2. The summed E-state index contributed by atoms with van der Waals surface area (Å²) < 4.78 is 5.27. The molecule has 3 rings (SSSR count). The van der Waals surface area contributed by atoms with E-state index in [-0.39, 0.29) is 10.8 Å². The zero-order valence-electron chi connectivity index (χ0n) is 10.00. The molecule has 1 aromatic heterocycles. The van der Waals surface area contributed by atoms with Crippen molar-refractivity contribution in [3.8, 4) is 5.75 Å². The number of hydrogen-bond donors (Lipinski definition) is 1. The van der Waals surface area contributed by atoms with E-state index in [4.69, 9.17) is 16.3 Å². The molecule has 1 saturated carbocycles. The number of ether oxygens (including phenoxy) is 1. The van der Waals surface area contributed by atoms with Crippen LogP contribution in [0.4, 0.5) is 0 Å². The zero-order chi connectivity index (χ0) is 12.7. The number of hydrogen-bond acceptors (Lipinski definition) is 3. The van der Waals surface area contributed by atoms with E-state index >= 15 is 0 Å². The van der Waals surface area contributed by atoms with Crippen LogP contribution in [-0.4, -0.2) is 17.1 Å². The molecule has 1 aliphatic rings. The largest absolute Gasteiger partial charge is 0.497 e. The van der Waals surface area contributed by atoms with E-state index < -0.39 is 0 Å². The zero-order valence-corrected chi connectivity index (χ0v) is 10.8. The highest BCUT2D eigenvalue weighted by molar-refractivity contribution is 6.28. The summed E-state index contributed by atoms with van der Waals surface area (Å²) in [4.78, 5) is 18.8. The lowest BCUT2D eigenvalue weighted by Crippen LogP contribution is -2.16. The molecule has 0 saturated heterocycles.